The van der Waals surface area contributed by atoms with E-state index in [4.69, 9.17) is 0 Å². The van der Waals surface area contributed by atoms with Crippen molar-refractivity contribution in [3.63, 3.8) is 0 Å². The number of hydrogen-bond donors (Lipinski definition) is 1. The molecule has 0 fully saturated rings. The van der Waals surface area contributed by atoms with Crippen LogP contribution in [0, 0.1) is 0 Å². The standard InChI is InChI=1S/C30H22F9NO4S/c31-28(32,33)21-12-14-26(15-13-21)45(41,42)40-19-27(18-20-6-2-1-3-7-20,22-8-4-10-24(16-22)43-29(34,35)36)23-9-5-11-25(17-23)44-30(37,38)39/h1-17,40H,18-19H2. The Morgan fingerprint density at radius 1 is 0.578 bits per heavy atom. The third kappa shape index (κ3) is 8.91. The minimum Gasteiger partial charge on any atom is -0.406 e. The molecule has 0 amide bonds. The maximum absolute atomic E-state index is 13.3. The van der Waals surface area contributed by atoms with Crippen molar-refractivity contribution in [1.82, 2.24) is 4.72 Å². The molecule has 0 aliphatic heterocycles. The molecule has 4 rings (SSSR count). The van der Waals surface area contributed by atoms with Crippen LogP contribution in [0.4, 0.5) is 39.5 Å². The molecule has 1 N–H and O–H groups in total. The van der Waals surface area contributed by atoms with Gasteiger partial charge < -0.3 is 9.47 Å². The number of hydrogen-bond acceptors (Lipinski definition) is 4. The molecule has 0 aromatic heterocycles. The molecule has 0 bridgehead atoms. The van der Waals surface area contributed by atoms with Crippen LogP contribution in [0.15, 0.2) is 108 Å². The minimum absolute atomic E-state index is 0.00683. The lowest BCUT2D eigenvalue weighted by molar-refractivity contribution is -0.275. The summed E-state index contributed by atoms with van der Waals surface area (Å²) < 4.78 is 155. The zero-order valence-electron chi connectivity index (χ0n) is 22.7. The van der Waals surface area contributed by atoms with E-state index in [9.17, 15) is 47.9 Å². The number of halogens is 9. The van der Waals surface area contributed by atoms with Gasteiger partial charge in [0.15, 0.2) is 0 Å². The predicted molar refractivity (Wildman–Crippen MR) is 144 cm³/mol. The number of ether oxygens (including phenoxy) is 2. The monoisotopic (exact) mass is 663 g/mol. The predicted octanol–water partition coefficient (Wildman–Crippen LogP) is 8.01. The van der Waals surface area contributed by atoms with Crippen molar-refractivity contribution in [2.24, 2.45) is 0 Å². The molecule has 0 saturated heterocycles. The van der Waals surface area contributed by atoms with Crippen molar-refractivity contribution in [3.05, 3.63) is 125 Å². The Balaban J connectivity index is 1.89. The van der Waals surface area contributed by atoms with Crippen molar-refractivity contribution >= 4 is 10.0 Å². The van der Waals surface area contributed by atoms with E-state index in [2.05, 4.69) is 14.2 Å². The van der Waals surface area contributed by atoms with Gasteiger partial charge in [0.05, 0.1) is 10.5 Å². The molecule has 15 heteroatoms. The second kappa shape index (κ2) is 12.6. The van der Waals surface area contributed by atoms with E-state index < -0.39 is 62.8 Å². The Kier molecular flexibility index (Phi) is 9.45. The van der Waals surface area contributed by atoms with Crippen LogP contribution < -0.4 is 14.2 Å². The van der Waals surface area contributed by atoms with Crippen LogP contribution in [0.2, 0.25) is 0 Å². The first-order valence-corrected chi connectivity index (χ1v) is 14.3. The van der Waals surface area contributed by atoms with Crippen LogP contribution in [0.5, 0.6) is 11.5 Å². The molecule has 0 radical (unpaired) electrons. The van der Waals surface area contributed by atoms with Crippen LogP contribution in [0.1, 0.15) is 22.3 Å². The van der Waals surface area contributed by atoms with Gasteiger partial charge in [-0.05, 0) is 71.6 Å². The van der Waals surface area contributed by atoms with Gasteiger partial charge in [-0.1, -0.05) is 54.6 Å². The Morgan fingerprint density at radius 2 is 1.07 bits per heavy atom. The Hall–Kier alpha value is -4.24. The highest BCUT2D eigenvalue weighted by Gasteiger charge is 2.39. The fourth-order valence-electron chi connectivity index (χ4n) is 4.69. The second-order valence-electron chi connectivity index (χ2n) is 9.74. The highest BCUT2D eigenvalue weighted by molar-refractivity contribution is 7.89. The van der Waals surface area contributed by atoms with E-state index in [1.54, 1.807) is 30.3 Å². The first-order chi connectivity index (χ1) is 20.9. The van der Waals surface area contributed by atoms with E-state index in [1.165, 1.54) is 24.3 Å². The molecular weight excluding hydrogens is 641 g/mol. The molecule has 0 heterocycles. The van der Waals surface area contributed by atoms with Crippen molar-refractivity contribution in [3.8, 4) is 11.5 Å². The lowest BCUT2D eigenvalue weighted by Gasteiger charge is -2.36. The van der Waals surface area contributed by atoms with Gasteiger partial charge in [0.1, 0.15) is 11.5 Å². The zero-order valence-corrected chi connectivity index (χ0v) is 23.5. The summed E-state index contributed by atoms with van der Waals surface area (Å²) in [5.74, 6) is -1.38. The first kappa shape index (κ1) is 33.6. The molecule has 5 nitrogen and oxygen atoms in total. The number of rotatable bonds is 10. The molecule has 0 unspecified atom stereocenters. The Morgan fingerprint density at radius 3 is 1.51 bits per heavy atom. The first-order valence-electron chi connectivity index (χ1n) is 12.8. The molecular formula is C30H22F9NO4S. The molecule has 0 spiro atoms. The summed E-state index contributed by atoms with van der Waals surface area (Å²) in [5.41, 5.74) is -2.31. The average molecular weight is 664 g/mol. The fraction of sp³-hybridized carbons (Fsp3) is 0.200. The Labute approximate surface area is 251 Å². The van der Waals surface area contributed by atoms with Gasteiger partial charge in [-0.3, -0.25) is 0 Å². The molecule has 0 aliphatic carbocycles. The lowest BCUT2D eigenvalue weighted by Crippen LogP contribution is -2.43. The van der Waals surface area contributed by atoms with E-state index in [0.29, 0.717) is 17.7 Å². The molecule has 0 saturated carbocycles. The zero-order chi connectivity index (χ0) is 33.1. The lowest BCUT2D eigenvalue weighted by atomic mass is 9.70. The van der Waals surface area contributed by atoms with Crippen LogP contribution in [0.3, 0.4) is 0 Å². The molecule has 0 aliphatic rings. The molecule has 4 aromatic rings. The van der Waals surface area contributed by atoms with Gasteiger partial charge in [-0.2, -0.15) is 13.2 Å². The smallest absolute Gasteiger partial charge is 0.406 e. The quantitative estimate of drug-likeness (QED) is 0.175. The van der Waals surface area contributed by atoms with Crippen LogP contribution in [-0.4, -0.2) is 27.7 Å². The summed E-state index contributed by atoms with van der Waals surface area (Å²) in [6.45, 7) is -0.670. The van der Waals surface area contributed by atoms with E-state index in [-0.39, 0.29) is 17.5 Å². The van der Waals surface area contributed by atoms with Gasteiger partial charge in [0.25, 0.3) is 0 Å². The topological polar surface area (TPSA) is 64.6 Å². The molecule has 4 aromatic carbocycles. The highest BCUT2D eigenvalue weighted by atomic mass is 32.2. The Bertz CT molecular complexity index is 1650. The molecule has 240 valence electrons. The van der Waals surface area contributed by atoms with Crippen LogP contribution in [0.25, 0.3) is 0 Å². The number of benzene rings is 4. The third-order valence-electron chi connectivity index (χ3n) is 6.65. The van der Waals surface area contributed by atoms with Crippen molar-refractivity contribution in [1.29, 1.82) is 0 Å². The minimum atomic E-state index is -5.11. The van der Waals surface area contributed by atoms with Gasteiger partial charge in [0.2, 0.25) is 10.0 Å². The third-order valence-corrected chi connectivity index (χ3v) is 8.06. The van der Waals surface area contributed by atoms with Crippen molar-refractivity contribution in [2.45, 2.75) is 35.6 Å². The largest absolute Gasteiger partial charge is 0.573 e. The summed E-state index contributed by atoms with van der Waals surface area (Å²) in [4.78, 5) is -0.563. The van der Waals surface area contributed by atoms with Gasteiger partial charge >= 0.3 is 18.9 Å². The summed E-state index contributed by atoms with van der Waals surface area (Å²) in [6.07, 6.45) is -15.1. The van der Waals surface area contributed by atoms with Gasteiger partial charge in [-0.25, -0.2) is 13.1 Å². The van der Waals surface area contributed by atoms with E-state index in [1.807, 2.05) is 0 Å². The maximum atomic E-state index is 13.3. The molecule has 0 atom stereocenters. The van der Waals surface area contributed by atoms with Crippen LogP contribution in [-0.2, 0) is 28.0 Å². The SMILES string of the molecule is O=S(=O)(NCC(Cc1ccccc1)(c1cccc(OC(F)(F)F)c1)c1cccc(OC(F)(F)F)c1)c1ccc(C(F)(F)F)cc1. The average Bonchev–Trinajstić information content (AvgIpc) is 2.94. The number of nitrogens with one attached hydrogen (secondary N) is 1. The summed E-state index contributed by atoms with van der Waals surface area (Å²) in [7, 11) is -4.58. The van der Waals surface area contributed by atoms with E-state index >= 15 is 0 Å². The van der Waals surface area contributed by atoms with E-state index in [0.717, 1.165) is 36.4 Å². The normalized spacial score (nSPS) is 13.0. The summed E-state index contributed by atoms with van der Waals surface area (Å²) >= 11 is 0. The number of sulfonamides is 1. The summed E-state index contributed by atoms with van der Waals surface area (Å²) in [5, 5.41) is 0. The number of alkyl halides is 9. The van der Waals surface area contributed by atoms with Crippen LogP contribution >= 0.6 is 0 Å². The maximum Gasteiger partial charge on any atom is 0.573 e. The van der Waals surface area contributed by atoms with Gasteiger partial charge in [0, 0.05) is 12.0 Å². The van der Waals surface area contributed by atoms with Gasteiger partial charge in [-0.15, -0.1) is 26.3 Å². The fourth-order valence-corrected chi connectivity index (χ4v) is 5.79. The summed E-state index contributed by atoms with van der Waals surface area (Å²) in [6, 6.07) is 19.7. The van der Waals surface area contributed by atoms with Crippen molar-refractivity contribution in [2.75, 3.05) is 6.54 Å². The highest BCUT2D eigenvalue weighted by Crippen LogP contribution is 2.40. The second-order valence-corrected chi connectivity index (χ2v) is 11.5. The molecule has 45 heavy (non-hydrogen) atoms. The van der Waals surface area contributed by atoms with Crippen molar-refractivity contribution < 1.29 is 57.4 Å².